The van der Waals surface area contributed by atoms with Crippen LogP contribution < -0.4 is 0 Å². The van der Waals surface area contributed by atoms with Crippen LogP contribution in [0.4, 0.5) is 0 Å². The summed E-state index contributed by atoms with van der Waals surface area (Å²) in [4.78, 5) is 23.8. The SMILES string of the molecule is CC.CC.CCc1c(C(=O)OC(C)(C)C)nsc1C(=O)OC. The highest BCUT2D eigenvalue weighted by Gasteiger charge is 2.27. The summed E-state index contributed by atoms with van der Waals surface area (Å²) in [6, 6.07) is 0. The van der Waals surface area contributed by atoms with Gasteiger partial charge in [-0.25, -0.2) is 9.59 Å². The molecule has 0 unspecified atom stereocenters. The van der Waals surface area contributed by atoms with Crippen molar-refractivity contribution in [3.8, 4) is 0 Å². The van der Waals surface area contributed by atoms with Crippen molar-refractivity contribution in [3.05, 3.63) is 16.1 Å². The lowest BCUT2D eigenvalue weighted by molar-refractivity contribution is 0.00630. The highest BCUT2D eigenvalue weighted by molar-refractivity contribution is 7.08. The fourth-order valence-corrected chi connectivity index (χ4v) is 2.25. The van der Waals surface area contributed by atoms with Gasteiger partial charge in [0.1, 0.15) is 10.5 Å². The van der Waals surface area contributed by atoms with Crippen LogP contribution in [0.5, 0.6) is 0 Å². The quantitative estimate of drug-likeness (QED) is 0.763. The van der Waals surface area contributed by atoms with Crippen LogP contribution in [0.1, 0.15) is 81.1 Å². The number of hydrogen-bond donors (Lipinski definition) is 0. The third kappa shape index (κ3) is 7.02. The fourth-order valence-electron chi connectivity index (χ4n) is 1.38. The summed E-state index contributed by atoms with van der Waals surface area (Å²) in [5.41, 5.74) is 0.205. The normalized spacial score (nSPS) is 9.68. The molecule has 0 aliphatic heterocycles. The van der Waals surface area contributed by atoms with E-state index in [1.165, 1.54) is 7.11 Å². The number of ether oxygens (including phenoxy) is 2. The Morgan fingerprint density at radius 2 is 1.59 bits per heavy atom. The molecule has 0 aliphatic carbocycles. The lowest BCUT2D eigenvalue weighted by atomic mass is 10.1. The van der Waals surface area contributed by atoms with Crippen LogP contribution in [-0.4, -0.2) is 29.0 Å². The highest BCUT2D eigenvalue weighted by atomic mass is 32.1. The van der Waals surface area contributed by atoms with E-state index in [1.807, 2.05) is 34.6 Å². The van der Waals surface area contributed by atoms with Gasteiger partial charge < -0.3 is 9.47 Å². The molecule has 0 radical (unpaired) electrons. The average molecular weight is 331 g/mol. The van der Waals surface area contributed by atoms with Crippen LogP contribution >= 0.6 is 11.5 Å². The van der Waals surface area contributed by atoms with Gasteiger partial charge in [0.25, 0.3) is 0 Å². The first-order valence-electron chi connectivity index (χ1n) is 7.60. The molecule has 0 N–H and O–H groups in total. The van der Waals surface area contributed by atoms with E-state index in [-0.39, 0.29) is 5.69 Å². The maximum atomic E-state index is 11.9. The minimum absolute atomic E-state index is 0.206. The summed E-state index contributed by atoms with van der Waals surface area (Å²) in [5.74, 6) is -0.982. The Hall–Kier alpha value is -1.43. The fraction of sp³-hybridized carbons (Fsp3) is 0.688. The van der Waals surface area contributed by atoms with Gasteiger partial charge in [-0.15, -0.1) is 0 Å². The molecular formula is C16H29NO4S. The molecule has 6 heteroatoms. The number of aromatic nitrogens is 1. The lowest BCUT2D eigenvalue weighted by Gasteiger charge is -2.18. The summed E-state index contributed by atoms with van der Waals surface area (Å²) in [6.45, 7) is 15.2. The third-order valence-electron chi connectivity index (χ3n) is 2.10. The Kier molecular flexibility index (Phi) is 11.6. The molecule has 0 aliphatic rings. The number of hydrogen-bond acceptors (Lipinski definition) is 6. The first-order chi connectivity index (χ1) is 10.3. The minimum Gasteiger partial charge on any atom is -0.465 e. The van der Waals surface area contributed by atoms with Gasteiger partial charge >= 0.3 is 11.9 Å². The highest BCUT2D eigenvalue weighted by Crippen LogP contribution is 2.23. The van der Waals surface area contributed by atoms with Gasteiger partial charge in [-0.3, -0.25) is 0 Å². The molecule has 1 rings (SSSR count). The molecule has 0 spiro atoms. The molecule has 0 saturated carbocycles. The zero-order valence-electron chi connectivity index (χ0n) is 15.2. The monoisotopic (exact) mass is 331 g/mol. The van der Waals surface area contributed by atoms with Gasteiger partial charge in [0.05, 0.1) is 7.11 Å². The van der Waals surface area contributed by atoms with E-state index < -0.39 is 17.5 Å². The summed E-state index contributed by atoms with van der Waals surface area (Å²) < 4.78 is 13.9. The number of esters is 2. The van der Waals surface area contributed by atoms with E-state index in [9.17, 15) is 9.59 Å². The van der Waals surface area contributed by atoms with Gasteiger partial charge in [-0.05, 0) is 38.7 Å². The van der Waals surface area contributed by atoms with Crippen molar-refractivity contribution in [2.24, 2.45) is 0 Å². The zero-order chi connectivity index (χ0) is 17.9. The number of rotatable bonds is 3. The summed E-state index contributed by atoms with van der Waals surface area (Å²) >= 11 is 0.962. The predicted octanol–water partition coefficient (Wildman–Crippen LogP) is 4.50. The number of carbonyl (C=O) groups excluding carboxylic acids is 2. The molecule has 0 bridgehead atoms. The van der Waals surface area contributed by atoms with Crippen molar-refractivity contribution in [1.82, 2.24) is 4.37 Å². The maximum Gasteiger partial charge on any atom is 0.358 e. The van der Waals surface area contributed by atoms with Gasteiger partial charge in [-0.1, -0.05) is 34.6 Å². The van der Waals surface area contributed by atoms with Crippen molar-refractivity contribution >= 4 is 23.5 Å². The van der Waals surface area contributed by atoms with Crippen LogP contribution in [0.15, 0.2) is 0 Å². The largest absolute Gasteiger partial charge is 0.465 e. The van der Waals surface area contributed by atoms with Gasteiger partial charge in [0.15, 0.2) is 5.69 Å². The minimum atomic E-state index is -0.586. The molecule has 1 aromatic heterocycles. The van der Waals surface area contributed by atoms with Crippen molar-refractivity contribution in [2.75, 3.05) is 7.11 Å². The molecule has 0 fully saturated rings. The molecule has 0 saturated heterocycles. The molecule has 5 nitrogen and oxygen atoms in total. The van der Waals surface area contributed by atoms with Crippen LogP contribution in [0.2, 0.25) is 0 Å². The third-order valence-corrected chi connectivity index (χ3v) is 2.97. The molecule has 22 heavy (non-hydrogen) atoms. The lowest BCUT2D eigenvalue weighted by Crippen LogP contribution is -2.24. The molecule has 0 atom stereocenters. The maximum absolute atomic E-state index is 11.9. The number of methoxy groups -OCH3 is 1. The topological polar surface area (TPSA) is 65.5 Å². The summed E-state index contributed by atoms with van der Waals surface area (Å²) in [5, 5.41) is 0. The van der Waals surface area contributed by atoms with Gasteiger partial charge in [-0.2, -0.15) is 4.37 Å². The Balaban J connectivity index is 0. The van der Waals surface area contributed by atoms with Gasteiger partial charge in [0.2, 0.25) is 0 Å². The van der Waals surface area contributed by atoms with E-state index in [1.54, 1.807) is 20.8 Å². The number of nitrogens with zero attached hydrogens (tertiary/aromatic N) is 1. The Morgan fingerprint density at radius 3 is 1.95 bits per heavy atom. The first kappa shape index (κ1) is 22.8. The molecule has 1 heterocycles. The van der Waals surface area contributed by atoms with Crippen molar-refractivity contribution in [1.29, 1.82) is 0 Å². The molecule has 1 aromatic rings. The standard InChI is InChI=1S/C12H17NO4S.2C2H6/c1-6-7-8(10(14)17-12(2,3)4)13-18-9(7)11(15)16-5;2*1-2/h6H2,1-5H3;2*1-2H3. The second-order valence-electron chi connectivity index (χ2n) is 4.69. The molecular weight excluding hydrogens is 302 g/mol. The average Bonchev–Trinajstić information content (AvgIpc) is 2.92. The summed E-state index contributed by atoms with van der Waals surface area (Å²) in [6.07, 6.45) is 0.523. The Labute approximate surface area is 138 Å². The Bertz CT molecular complexity index is 461. The van der Waals surface area contributed by atoms with E-state index in [0.717, 1.165) is 11.5 Å². The second-order valence-corrected chi connectivity index (χ2v) is 5.46. The Morgan fingerprint density at radius 1 is 1.09 bits per heavy atom. The number of carbonyl (C=O) groups is 2. The molecule has 0 aromatic carbocycles. The smallest absolute Gasteiger partial charge is 0.358 e. The van der Waals surface area contributed by atoms with E-state index >= 15 is 0 Å². The van der Waals surface area contributed by atoms with E-state index in [0.29, 0.717) is 16.9 Å². The van der Waals surface area contributed by atoms with E-state index in [4.69, 9.17) is 4.74 Å². The van der Waals surface area contributed by atoms with Crippen molar-refractivity contribution in [3.63, 3.8) is 0 Å². The molecule has 0 amide bonds. The summed E-state index contributed by atoms with van der Waals surface area (Å²) in [7, 11) is 1.30. The van der Waals surface area contributed by atoms with Crippen molar-refractivity contribution in [2.45, 2.75) is 67.4 Å². The molecule has 128 valence electrons. The zero-order valence-corrected chi connectivity index (χ0v) is 16.0. The van der Waals surface area contributed by atoms with Crippen LogP contribution in [-0.2, 0) is 15.9 Å². The predicted molar refractivity (Wildman–Crippen MR) is 90.7 cm³/mol. The van der Waals surface area contributed by atoms with Gasteiger partial charge in [0, 0.05) is 5.56 Å². The first-order valence-corrected chi connectivity index (χ1v) is 8.37. The second kappa shape index (κ2) is 11.2. The van der Waals surface area contributed by atoms with Crippen LogP contribution in [0.3, 0.4) is 0 Å². The van der Waals surface area contributed by atoms with Crippen molar-refractivity contribution < 1.29 is 19.1 Å². The van der Waals surface area contributed by atoms with Crippen LogP contribution in [0.25, 0.3) is 0 Å². The van der Waals surface area contributed by atoms with Crippen LogP contribution in [0, 0.1) is 0 Å². The van der Waals surface area contributed by atoms with E-state index in [2.05, 4.69) is 9.11 Å².